The highest BCUT2D eigenvalue weighted by Gasteiger charge is 1.97. The van der Waals surface area contributed by atoms with Gasteiger partial charge in [-0.05, 0) is 24.1 Å². The molecule has 0 spiro atoms. The van der Waals surface area contributed by atoms with Crippen molar-refractivity contribution >= 4 is 16.7 Å². The second-order valence-corrected chi connectivity index (χ2v) is 4.07. The molecule has 0 saturated heterocycles. The fourth-order valence-corrected chi connectivity index (χ4v) is 1.77. The number of hydrogen-bond donors (Lipinski definition) is 1. The standard InChI is InChI=1S/C10H12N4S/c1-8-3-2-4-9(7-8)5-6-11-10-12-13-14-15-10/h2-4,7H,5-6H2,1H3,(H,11,12,14). The van der Waals surface area contributed by atoms with Gasteiger partial charge in [0.1, 0.15) is 0 Å². The van der Waals surface area contributed by atoms with Gasteiger partial charge in [-0.15, -0.1) is 0 Å². The molecule has 0 aliphatic carbocycles. The van der Waals surface area contributed by atoms with Crippen molar-refractivity contribution in [2.75, 3.05) is 11.9 Å². The average Bonchev–Trinajstić information content (AvgIpc) is 2.71. The first-order valence-corrected chi connectivity index (χ1v) is 5.56. The molecule has 0 aliphatic heterocycles. The lowest BCUT2D eigenvalue weighted by atomic mass is 10.1. The predicted octanol–water partition coefficient (Wildman–Crippen LogP) is 1.90. The first-order chi connectivity index (χ1) is 7.34. The van der Waals surface area contributed by atoms with E-state index in [-0.39, 0.29) is 0 Å². The maximum absolute atomic E-state index is 3.81. The van der Waals surface area contributed by atoms with Gasteiger partial charge in [0.15, 0.2) is 0 Å². The summed E-state index contributed by atoms with van der Waals surface area (Å²) in [5.74, 6) is 0. The molecule has 2 aromatic rings. The molecular formula is C10H12N4S. The Morgan fingerprint density at radius 3 is 3.07 bits per heavy atom. The third-order valence-corrected chi connectivity index (χ3v) is 2.63. The van der Waals surface area contributed by atoms with E-state index >= 15 is 0 Å². The quantitative estimate of drug-likeness (QED) is 0.855. The molecule has 4 nitrogen and oxygen atoms in total. The van der Waals surface area contributed by atoms with Crippen molar-refractivity contribution in [2.45, 2.75) is 13.3 Å². The minimum Gasteiger partial charge on any atom is -0.359 e. The summed E-state index contributed by atoms with van der Waals surface area (Å²) >= 11 is 1.28. The molecule has 0 bridgehead atoms. The fraction of sp³-hybridized carbons (Fsp3) is 0.300. The summed E-state index contributed by atoms with van der Waals surface area (Å²) < 4.78 is 3.68. The lowest BCUT2D eigenvalue weighted by Crippen LogP contribution is -2.04. The fourth-order valence-electron chi connectivity index (χ4n) is 1.38. The smallest absolute Gasteiger partial charge is 0.225 e. The number of rotatable bonds is 4. The van der Waals surface area contributed by atoms with Crippen LogP contribution in [-0.2, 0) is 6.42 Å². The molecule has 78 valence electrons. The highest BCUT2D eigenvalue weighted by Crippen LogP contribution is 2.07. The normalized spacial score (nSPS) is 10.2. The van der Waals surface area contributed by atoms with Crippen LogP contribution < -0.4 is 5.32 Å². The second-order valence-electron chi connectivity index (χ2n) is 3.33. The Morgan fingerprint density at radius 1 is 1.40 bits per heavy atom. The van der Waals surface area contributed by atoms with Crippen molar-refractivity contribution in [2.24, 2.45) is 0 Å². The summed E-state index contributed by atoms with van der Waals surface area (Å²) in [5.41, 5.74) is 2.63. The van der Waals surface area contributed by atoms with Gasteiger partial charge in [0.2, 0.25) is 5.13 Å². The van der Waals surface area contributed by atoms with Gasteiger partial charge >= 0.3 is 0 Å². The van der Waals surface area contributed by atoms with Gasteiger partial charge in [-0.25, -0.2) is 0 Å². The first kappa shape index (κ1) is 10.0. The molecule has 0 amide bonds. The number of anilines is 1. The van der Waals surface area contributed by atoms with Crippen LogP contribution in [0.3, 0.4) is 0 Å². The second kappa shape index (κ2) is 4.84. The van der Waals surface area contributed by atoms with Gasteiger partial charge in [0, 0.05) is 18.1 Å². The van der Waals surface area contributed by atoms with Crippen molar-refractivity contribution in [1.29, 1.82) is 0 Å². The largest absolute Gasteiger partial charge is 0.359 e. The number of aryl methyl sites for hydroxylation is 1. The zero-order valence-electron chi connectivity index (χ0n) is 8.47. The van der Waals surface area contributed by atoms with E-state index in [0.29, 0.717) is 0 Å². The zero-order valence-corrected chi connectivity index (χ0v) is 9.29. The Labute approximate surface area is 92.5 Å². The third kappa shape index (κ3) is 2.99. The minimum absolute atomic E-state index is 0.780. The van der Waals surface area contributed by atoms with E-state index in [1.807, 2.05) is 0 Å². The monoisotopic (exact) mass is 220 g/mol. The van der Waals surface area contributed by atoms with Crippen LogP contribution in [0.4, 0.5) is 5.13 Å². The number of hydrogen-bond acceptors (Lipinski definition) is 5. The number of aromatic nitrogens is 3. The lowest BCUT2D eigenvalue weighted by molar-refractivity contribution is 0.941. The van der Waals surface area contributed by atoms with Gasteiger partial charge in [0.25, 0.3) is 0 Å². The van der Waals surface area contributed by atoms with Gasteiger partial charge < -0.3 is 5.32 Å². The highest BCUT2D eigenvalue weighted by molar-refractivity contribution is 7.09. The predicted molar refractivity (Wildman–Crippen MR) is 61.1 cm³/mol. The van der Waals surface area contributed by atoms with Crippen LogP contribution in [0, 0.1) is 6.92 Å². The molecule has 5 heteroatoms. The Morgan fingerprint density at radius 2 is 2.33 bits per heavy atom. The van der Waals surface area contributed by atoms with Gasteiger partial charge in [-0.1, -0.05) is 39.4 Å². The van der Waals surface area contributed by atoms with Crippen LogP contribution in [0.2, 0.25) is 0 Å². The van der Waals surface area contributed by atoms with Crippen LogP contribution in [0.1, 0.15) is 11.1 Å². The summed E-state index contributed by atoms with van der Waals surface area (Å²) in [7, 11) is 0. The van der Waals surface area contributed by atoms with Crippen molar-refractivity contribution in [1.82, 2.24) is 14.8 Å². The van der Waals surface area contributed by atoms with E-state index in [4.69, 9.17) is 0 Å². The van der Waals surface area contributed by atoms with E-state index < -0.39 is 0 Å². The summed E-state index contributed by atoms with van der Waals surface area (Å²) in [6, 6.07) is 8.51. The maximum Gasteiger partial charge on any atom is 0.225 e. The Balaban J connectivity index is 1.83. The molecule has 0 radical (unpaired) electrons. The van der Waals surface area contributed by atoms with Crippen molar-refractivity contribution in [3.8, 4) is 0 Å². The molecule has 0 unspecified atom stereocenters. The van der Waals surface area contributed by atoms with Crippen LogP contribution in [0.25, 0.3) is 0 Å². The molecule has 0 fully saturated rings. The van der Waals surface area contributed by atoms with Gasteiger partial charge in [-0.2, -0.15) is 0 Å². The van der Waals surface area contributed by atoms with E-state index in [9.17, 15) is 0 Å². The zero-order chi connectivity index (χ0) is 10.5. The van der Waals surface area contributed by atoms with Gasteiger partial charge in [-0.3, -0.25) is 0 Å². The molecule has 15 heavy (non-hydrogen) atoms. The number of nitrogens with one attached hydrogen (secondary N) is 1. The highest BCUT2D eigenvalue weighted by atomic mass is 32.1. The van der Waals surface area contributed by atoms with Crippen LogP contribution >= 0.6 is 11.5 Å². The lowest BCUT2D eigenvalue weighted by Gasteiger charge is -2.02. The minimum atomic E-state index is 0.780. The average molecular weight is 220 g/mol. The number of nitrogens with zero attached hydrogens (tertiary/aromatic N) is 3. The molecule has 1 N–H and O–H groups in total. The van der Waals surface area contributed by atoms with Crippen molar-refractivity contribution in [3.63, 3.8) is 0 Å². The van der Waals surface area contributed by atoms with E-state index in [1.54, 1.807) is 0 Å². The molecule has 0 aliphatic rings. The van der Waals surface area contributed by atoms with Crippen LogP contribution in [0.15, 0.2) is 24.3 Å². The summed E-state index contributed by atoms with van der Waals surface area (Å²) in [5, 5.41) is 11.3. The number of benzene rings is 1. The van der Waals surface area contributed by atoms with Crippen molar-refractivity contribution < 1.29 is 0 Å². The van der Waals surface area contributed by atoms with Crippen LogP contribution in [-0.4, -0.2) is 21.3 Å². The Bertz CT molecular complexity index is 413. The van der Waals surface area contributed by atoms with E-state index in [1.165, 1.54) is 22.7 Å². The molecule has 2 rings (SSSR count). The third-order valence-electron chi connectivity index (χ3n) is 2.07. The topological polar surface area (TPSA) is 50.7 Å². The molecule has 1 heterocycles. The van der Waals surface area contributed by atoms with Gasteiger partial charge in [0.05, 0.1) is 0 Å². The van der Waals surface area contributed by atoms with Crippen LogP contribution in [0.5, 0.6) is 0 Å². The van der Waals surface area contributed by atoms with E-state index in [0.717, 1.165) is 18.1 Å². The SMILES string of the molecule is Cc1cccc(CCNc2nnns2)c1. The Hall–Kier alpha value is -1.49. The molecule has 0 atom stereocenters. The molecule has 1 aromatic carbocycles. The maximum atomic E-state index is 3.81. The molecule has 0 saturated carbocycles. The van der Waals surface area contributed by atoms with Crippen molar-refractivity contribution in [3.05, 3.63) is 35.4 Å². The first-order valence-electron chi connectivity index (χ1n) is 4.79. The van der Waals surface area contributed by atoms with E-state index in [2.05, 4.69) is 51.3 Å². The summed E-state index contributed by atoms with van der Waals surface area (Å²) in [4.78, 5) is 0. The Kier molecular flexibility index (Phi) is 3.24. The summed E-state index contributed by atoms with van der Waals surface area (Å²) in [6.45, 7) is 2.96. The molecular weight excluding hydrogens is 208 g/mol. The summed E-state index contributed by atoms with van der Waals surface area (Å²) in [6.07, 6.45) is 0.987. The molecule has 1 aromatic heterocycles.